The zero-order valence-electron chi connectivity index (χ0n) is 8.77. The van der Waals surface area contributed by atoms with Crippen LogP contribution in [0.25, 0.3) is 0 Å². The molecule has 2 nitrogen and oxygen atoms in total. The van der Waals surface area contributed by atoms with Crippen LogP contribution in [-0.2, 0) is 4.74 Å². The number of rotatable bonds is 5. The highest BCUT2D eigenvalue weighted by Gasteiger charge is 2.42. The van der Waals surface area contributed by atoms with Crippen molar-refractivity contribution in [2.75, 3.05) is 6.61 Å². The van der Waals surface area contributed by atoms with Crippen LogP contribution < -0.4 is 5.73 Å². The van der Waals surface area contributed by atoms with E-state index in [1.54, 1.807) is 0 Å². The van der Waals surface area contributed by atoms with E-state index in [2.05, 4.69) is 0 Å². The van der Waals surface area contributed by atoms with E-state index in [0.717, 1.165) is 0 Å². The molecule has 0 bridgehead atoms. The first kappa shape index (κ1) is 13.7. The second-order valence-electron chi connectivity index (χ2n) is 3.87. The van der Waals surface area contributed by atoms with Gasteiger partial charge >= 0.3 is 6.18 Å². The minimum atomic E-state index is -4.37. The summed E-state index contributed by atoms with van der Waals surface area (Å²) in [7, 11) is 0. The second-order valence-corrected chi connectivity index (χ2v) is 3.87. The first-order valence-electron chi connectivity index (χ1n) is 4.69. The number of halogens is 3. The van der Waals surface area contributed by atoms with Crippen molar-refractivity contribution in [1.29, 1.82) is 0 Å². The van der Waals surface area contributed by atoms with E-state index in [-0.39, 0.29) is 6.61 Å². The number of hydrogen-bond donors (Lipinski definition) is 1. The fraction of sp³-hybridized carbons (Fsp3) is 1.00. The van der Waals surface area contributed by atoms with Gasteiger partial charge in [-0.2, -0.15) is 13.2 Å². The van der Waals surface area contributed by atoms with Crippen molar-refractivity contribution in [3.05, 3.63) is 0 Å². The molecular formula is C9H18F3NO. The third-order valence-corrected chi connectivity index (χ3v) is 1.79. The molecule has 2 unspecified atom stereocenters. The van der Waals surface area contributed by atoms with Gasteiger partial charge in [0.1, 0.15) is 0 Å². The summed E-state index contributed by atoms with van der Waals surface area (Å²) >= 11 is 0. The first-order chi connectivity index (χ1) is 6.25. The molecule has 0 saturated heterocycles. The Balaban J connectivity index is 4.00. The molecule has 2 atom stereocenters. The summed E-state index contributed by atoms with van der Waals surface area (Å²) in [5.41, 5.74) is 5.19. The van der Waals surface area contributed by atoms with Gasteiger partial charge < -0.3 is 10.5 Å². The summed E-state index contributed by atoms with van der Waals surface area (Å²) in [6.45, 7) is 5.26. The average Bonchev–Trinajstić information content (AvgIpc) is 1.94. The maximum atomic E-state index is 12.3. The largest absolute Gasteiger partial charge is 0.416 e. The maximum Gasteiger partial charge on any atom is 0.416 e. The quantitative estimate of drug-likeness (QED) is 0.760. The molecule has 0 heterocycles. The third kappa shape index (κ3) is 5.44. The van der Waals surface area contributed by atoms with Crippen LogP contribution >= 0.6 is 0 Å². The predicted octanol–water partition coefficient (Wildman–Crippen LogP) is 2.33. The number of alkyl halides is 3. The molecule has 0 rings (SSSR count). The summed E-state index contributed by atoms with van der Waals surface area (Å²) in [5, 5.41) is 0. The summed E-state index contributed by atoms with van der Waals surface area (Å²) < 4.78 is 41.6. The fourth-order valence-corrected chi connectivity index (χ4v) is 0.975. The van der Waals surface area contributed by atoms with Crippen LogP contribution in [0.2, 0.25) is 0 Å². The number of nitrogens with two attached hydrogens (primary N) is 1. The van der Waals surface area contributed by atoms with Gasteiger partial charge in [-0.15, -0.1) is 0 Å². The van der Waals surface area contributed by atoms with Gasteiger partial charge in [-0.1, -0.05) is 13.8 Å². The summed E-state index contributed by atoms with van der Waals surface area (Å²) in [6, 6.07) is -1.03. The number of hydrogen-bond acceptors (Lipinski definition) is 2. The van der Waals surface area contributed by atoms with Crippen molar-refractivity contribution < 1.29 is 17.9 Å². The topological polar surface area (TPSA) is 35.2 Å². The van der Waals surface area contributed by atoms with Crippen LogP contribution in [0, 0.1) is 5.92 Å². The minimum Gasteiger partial charge on any atom is -0.367 e. The summed E-state index contributed by atoms with van der Waals surface area (Å²) in [6.07, 6.45) is -5.61. The van der Waals surface area contributed by atoms with Crippen LogP contribution in [0.4, 0.5) is 13.2 Å². The highest BCUT2D eigenvalue weighted by molar-refractivity contribution is 4.76. The van der Waals surface area contributed by atoms with Crippen LogP contribution in [0.1, 0.15) is 27.2 Å². The van der Waals surface area contributed by atoms with Crippen molar-refractivity contribution in [1.82, 2.24) is 0 Å². The highest BCUT2D eigenvalue weighted by Crippen LogP contribution is 2.25. The van der Waals surface area contributed by atoms with Gasteiger partial charge in [0, 0.05) is 12.6 Å². The summed E-state index contributed by atoms with van der Waals surface area (Å²) in [5.74, 6) is 0.331. The molecular weight excluding hydrogens is 195 g/mol. The van der Waals surface area contributed by atoms with Gasteiger partial charge in [0.2, 0.25) is 0 Å². The average molecular weight is 213 g/mol. The summed E-state index contributed by atoms with van der Waals surface area (Å²) in [4.78, 5) is 0. The van der Waals surface area contributed by atoms with Gasteiger partial charge in [0.25, 0.3) is 0 Å². The molecule has 0 aromatic carbocycles. The second kappa shape index (κ2) is 5.56. The highest BCUT2D eigenvalue weighted by atomic mass is 19.4. The van der Waals surface area contributed by atoms with Gasteiger partial charge in [-0.05, 0) is 19.3 Å². The molecule has 0 aromatic heterocycles. The molecule has 0 saturated carbocycles. The van der Waals surface area contributed by atoms with E-state index in [1.165, 1.54) is 6.92 Å². The SMILES string of the molecule is CC(C)CCOC(C(C)N)C(F)(F)F. The van der Waals surface area contributed by atoms with Gasteiger partial charge in [-0.25, -0.2) is 0 Å². The Kier molecular flexibility index (Phi) is 5.44. The van der Waals surface area contributed by atoms with Crippen molar-refractivity contribution in [2.45, 2.75) is 45.5 Å². The minimum absolute atomic E-state index is 0.101. The Hall–Kier alpha value is -0.290. The van der Waals surface area contributed by atoms with E-state index in [9.17, 15) is 13.2 Å². The van der Waals surface area contributed by atoms with E-state index in [0.29, 0.717) is 12.3 Å². The van der Waals surface area contributed by atoms with Gasteiger partial charge in [-0.3, -0.25) is 0 Å². The van der Waals surface area contributed by atoms with Crippen molar-refractivity contribution in [3.8, 4) is 0 Å². The molecule has 2 N–H and O–H groups in total. The van der Waals surface area contributed by atoms with Crippen molar-refractivity contribution in [2.24, 2.45) is 11.7 Å². The van der Waals surface area contributed by atoms with Crippen LogP contribution in [0.5, 0.6) is 0 Å². The molecule has 86 valence electrons. The standard InChI is InChI=1S/C9H18F3NO/c1-6(2)4-5-14-8(7(3)13)9(10,11)12/h6-8H,4-5,13H2,1-3H3. The van der Waals surface area contributed by atoms with Crippen LogP contribution in [-0.4, -0.2) is 24.9 Å². The van der Waals surface area contributed by atoms with E-state index in [1.807, 2.05) is 13.8 Å². The Labute approximate surface area is 82.6 Å². The van der Waals surface area contributed by atoms with Crippen molar-refractivity contribution in [3.63, 3.8) is 0 Å². The zero-order chi connectivity index (χ0) is 11.4. The lowest BCUT2D eigenvalue weighted by Crippen LogP contribution is -2.45. The molecule has 0 aliphatic heterocycles. The molecule has 0 amide bonds. The lowest BCUT2D eigenvalue weighted by molar-refractivity contribution is -0.225. The van der Waals surface area contributed by atoms with E-state index >= 15 is 0 Å². The fourth-order valence-electron chi connectivity index (χ4n) is 0.975. The van der Waals surface area contributed by atoms with Crippen LogP contribution in [0.15, 0.2) is 0 Å². The zero-order valence-corrected chi connectivity index (χ0v) is 8.77. The molecule has 14 heavy (non-hydrogen) atoms. The number of ether oxygens (including phenoxy) is 1. The molecule has 0 aromatic rings. The predicted molar refractivity (Wildman–Crippen MR) is 48.9 cm³/mol. The molecule has 5 heteroatoms. The third-order valence-electron chi connectivity index (χ3n) is 1.79. The molecule has 0 aliphatic rings. The molecule has 0 radical (unpaired) electrons. The Morgan fingerprint density at radius 3 is 2.00 bits per heavy atom. The normalized spacial score (nSPS) is 17.1. The van der Waals surface area contributed by atoms with E-state index < -0.39 is 18.3 Å². The monoisotopic (exact) mass is 213 g/mol. The molecule has 0 aliphatic carbocycles. The lowest BCUT2D eigenvalue weighted by atomic mass is 10.1. The maximum absolute atomic E-state index is 12.3. The molecule has 0 fully saturated rings. The Bertz CT molecular complexity index is 157. The first-order valence-corrected chi connectivity index (χ1v) is 4.69. The smallest absolute Gasteiger partial charge is 0.367 e. The van der Waals surface area contributed by atoms with Gasteiger partial charge in [0.05, 0.1) is 0 Å². The van der Waals surface area contributed by atoms with Crippen molar-refractivity contribution >= 4 is 0 Å². The van der Waals surface area contributed by atoms with E-state index in [4.69, 9.17) is 10.5 Å². The molecule has 0 spiro atoms. The Morgan fingerprint density at radius 1 is 1.21 bits per heavy atom. The van der Waals surface area contributed by atoms with Crippen LogP contribution in [0.3, 0.4) is 0 Å². The van der Waals surface area contributed by atoms with Gasteiger partial charge in [0.15, 0.2) is 6.10 Å². The Morgan fingerprint density at radius 2 is 1.71 bits per heavy atom. The lowest BCUT2D eigenvalue weighted by Gasteiger charge is -2.24.